The van der Waals surface area contributed by atoms with E-state index in [-0.39, 0.29) is 5.82 Å². The molecular formula is C20H25FN4O2. The molecule has 1 unspecified atom stereocenters. The number of ether oxygens (including phenoxy) is 2. The second-order valence-electron chi connectivity index (χ2n) is 6.54. The van der Waals surface area contributed by atoms with Crippen molar-refractivity contribution >= 4 is 5.96 Å². The zero-order valence-electron chi connectivity index (χ0n) is 15.7. The highest BCUT2D eigenvalue weighted by molar-refractivity contribution is 5.79. The van der Waals surface area contributed by atoms with Gasteiger partial charge in [-0.25, -0.2) is 9.37 Å². The van der Waals surface area contributed by atoms with Crippen LogP contribution in [0.5, 0.6) is 11.6 Å². The molecule has 0 radical (unpaired) electrons. The Kier molecular flexibility index (Phi) is 6.59. The lowest BCUT2D eigenvalue weighted by molar-refractivity contribution is 0.181. The van der Waals surface area contributed by atoms with Gasteiger partial charge < -0.3 is 19.7 Å². The van der Waals surface area contributed by atoms with Gasteiger partial charge in [0.2, 0.25) is 5.88 Å². The maximum Gasteiger partial charge on any atom is 0.224 e. The van der Waals surface area contributed by atoms with E-state index in [0.29, 0.717) is 24.1 Å². The van der Waals surface area contributed by atoms with Crippen LogP contribution in [0.2, 0.25) is 0 Å². The van der Waals surface area contributed by atoms with Crippen LogP contribution in [0.4, 0.5) is 4.39 Å². The molecule has 1 aromatic carbocycles. The molecule has 6 nitrogen and oxygen atoms in total. The minimum absolute atomic E-state index is 0.346. The van der Waals surface area contributed by atoms with Gasteiger partial charge in [0, 0.05) is 57.5 Å². The Bertz CT molecular complexity index is 778. The number of hydrogen-bond donors (Lipinski definition) is 1. The summed E-state index contributed by atoms with van der Waals surface area (Å²) in [6.07, 6.45) is 2.73. The smallest absolute Gasteiger partial charge is 0.224 e. The number of benzene rings is 1. The van der Waals surface area contributed by atoms with Crippen LogP contribution in [0.25, 0.3) is 0 Å². The van der Waals surface area contributed by atoms with Gasteiger partial charge in [0.05, 0.1) is 6.61 Å². The normalized spacial score (nSPS) is 17.0. The summed E-state index contributed by atoms with van der Waals surface area (Å²) < 4.78 is 24.6. The van der Waals surface area contributed by atoms with Crippen molar-refractivity contribution in [2.24, 2.45) is 10.9 Å². The van der Waals surface area contributed by atoms with Gasteiger partial charge in [-0.2, -0.15) is 0 Å². The Hall–Kier alpha value is -2.67. The predicted molar refractivity (Wildman–Crippen MR) is 102 cm³/mol. The van der Waals surface area contributed by atoms with E-state index in [1.54, 1.807) is 25.4 Å². The molecular weight excluding hydrogens is 347 g/mol. The summed E-state index contributed by atoms with van der Waals surface area (Å²) in [6.45, 7) is 3.02. The summed E-state index contributed by atoms with van der Waals surface area (Å²) in [4.78, 5) is 10.7. The molecule has 2 aromatic rings. The van der Waals surface area contributed by atoms with Crippen LogP contribution in [0, 0.1) is 11.7 Å². The predicted octanol–water partition coefficient (Wildman–Crippen LogP) is 3.06. The van der Waals surface area contributed by atoms with E-state index in [0.717, 1.165) is 37.7 Å². The van der Waals surface area contributed by atoms with Gasteiger partial charge >= 0.3 is 0 Å². The number of guanidine groups is 1. The Balaban J connectivity index is 1.62. The second-order valence-corrected chi connectivity index (χ2v) is 6.54. The van der Waals surface area contributed by atoms with Crippen LogP contribution in [-0.4, -0.2) is 49.7 Å². The van der Waals surface area contributed by atoms with E-state index in [2.05, 4.69) is 20.2 Å². The number of aliphatic imine (C=N–C) groups is 1. The Labute approximate surface area is 159 Å². The quantitative estimate of drug-likeness (QED) is 0.624. The number of halogens is 1. The molecule has 0 saturated carbocycles. The van der Waals surface area contributed by atoms with Gasteiger partial charge in [-0.15, -0.1) is 0 Å². The van der Waals surface area contributed by atoms with E-state index < -0.39 is 0 Å². The van der Waals surface area contributed by atoms with Crippen LogP contribution in [0.3, 0.4) is 0 Å². The molecule has 0 aliphatic carbocycles. The van der Waals surface area contributed by atoms with Crippen LogP contribution in [0.1, 0.15) is 12.0 Å². The molecule has 0 amide bonds. The summed E-state index contributed by atoms with van der Waals surface area (Å²) in [5.74, 6) is 1.83. The fourth-order valence-electron chi connectivity index (χ4n) is 3.05. The Morgan fingerprint density at radius 2 is 2.30 bits per heavy atom. The molecule has 1 aromatic heterocycles. The van der Waals surface area contributed by atoms with E-state index in [4.69, 9.17) is 9.47 Å². The molecule has 1 N–H and O–H groups in total. The third-order valence-corrected chi connectivity index (χ3v) is 4.43. The molecule has 1 atom stereocenters. The number of hydrogen-bond acceptors (Lipinski definition) is 4. The standard InChI is InChI=1S/C20H25FN4O2/c1-22-20(25(2)13-15-8-10-26-14-15)24-12-16-5-4-9-23-19(16)27-18-7-3-6-17(21)11-18/h3-7,9,11,15H,8,10,12-14H2,1-2H3,(H,22,24). The van der Waals surface area contributed by atoms with Gasteiger partial charge in [-0.05, 0) is 24.6 Å². The number of aromatic nitrogens is 1. The van der Waals surface area contributed by atoms with Gasteiger partial charge in [0.15, 0.2) is 5.96 Å². The molecule has 1 fully saturated rings. The fraction of sp³-hybridized carbons (Fsp3) is 0.400. The largest absolute Gasteiger partial charge is 0.439 e. The summed E-state index contributed by atoms with van der Waals surface area (Å²) in [6, 6.07) is 9.79. The van der Waals surface area contributed by atoms with Crippen molar-refractivity contribution in [3.05, 3.63) is 54.0 Å². The van der Waals surface area contributed by atoms with Crippen molar-refractivity contribution in [2.45, 2.75) is 13.0 Å². The highest BCUT2D eigenvalue weighted by atomic mass is 19.1. The molecule has 1 aliphatic rings. The molecule has 144 valence electrons. The summed E-state index contributed by atoms with van der Waals surface area (Å²) in [5.41, 5.74) is 0.862. The minimum atomic E-state index is -0.346. The molecule has 3 rings (SSSR count). The molecule has 1 saturated heterocycles. The van der Waals surface area contributed by atoms with E-state index in [1.165, 1.54) is 12.1 Å². The number of pyridine rings is 1. The molecule has 0 bridgehead atoms. The average Bonchev–Trinajstić information content (AvgIpc) is 3.16. The zero-order chi connectivity index (χ0) is 19.1. The lowest BCUT2D eigenvalue weighted by atomic mass is 10.1. The highest BCUT2D eigenvalue weighted by Gasteiger charge is 2.19. The van der Waals surface area contributed by atoms with E-state index in [9.17, 15) is 4.39 Å². The maximum absolute atomic E-state index is 13.4. The van der Waals surface area contributed by atoms with Gasteiger partial charge in [0.1, 0.15) is 11.6 Å². The van der Waals surface area contributed by atoms with Crippen molar-refractivity contribution in [2.75, 3.05) is 33.9 Å². The summed E-state index contributed by atoms with van der Waals surface area (Å²) in [5, 5.41) is 3.34. The third kappa shape index (κ3) is 5.40. The zero-order valence-corrected chi connectivity index (χ0v) is 15.7. The van der Waals surface area contributed by atoms with Gasteiger partial charge in [-0.1, -0.05) is 12.1 Å². The van der Waals surface area contributed by atoms with Crippen molar-refractivity contribution in [3.8, 4) is 11.6 Å². The first-order valence-electron chi connectivity index (χ1n) is 9.02. The summed E-state index contributed by atoms with van der Waals surface area (Å²) in [7, 11) is 3.78. The third-order valence-electron chi connectivity index (χ3n) is 4.43. The Morgan fingerprint density at radius 3 is 3.04 bits per heavy atom. The first-order chi connectivity index (χ1) is 13.2. The first-order valence-corrected chi connectivity index (χ1v) is 9.02. The number of nitrogens with one attached hydrogen (secondary N) is 1. The van der Waals surface area contributed by atoms with Gasteiger partial charge in [-0.3, -0.25) is 4.99 Å². The van der Waals surface area contributed by atoms with Crippen LogP contribution in [0.15, 0.2) is 47.6 Å². The van der Waals surface area contributed by atoms with Crippen LogP contribution in [-0.2, 0) is 11.3 Å². The number of rotatable bonds is 6. The second kappa shape index (κ2) is 9.32. The number of nitrogens with zero attached hydrogens (tertiary/aromatic N) is 3. The van der Waals surface area contributed by atoms with E-state index >= 15 is 0 Å². The molecule has 27 heavy (non-hydrogen) atoms. The molecule has 1 aliphatic heterocycles. The minimum Gasteiger partial charge on any atom is -0.439 e. The highest BCUT2D eigenvalue weighted by Crippen LogP contribution is 2.23. The lowest BCUT2D eigenvalue weighted by Gasteiger charge is -2.24. The molecule has 7 heteroatoms. The average molecular weight is 372 g/mol. The van der Waals surface area contributed by atoms with Gasteiger partial charge in [0.25, 0.3) is 0 Å². The van der Waals surface area contributed by atoms with Crippen molar-refractivity contribution < 1.29 is 13.9 Å². The van der Waals surface area contributed by atoms with Crippen molar-refractivity contribution in [1.82, 2.24) is 15.2 Å². The Morgan fingerprint density at radius 1 is 1.41 bits per heavy atom. The van der Waals surface area contributed by atoms with Crippen LogP contribution < -0.4 is 10.1 Å². The summed E-state index contributed by atoms with van der Waals surface area (Å²) >= 11 is 0. The molecule has 2 heterocycles. The monoisotopic (exact) mass is 372 g/mol. The lowest BCUT2D eigenvalue weighted by Crippen LogP contribution is -2.41. The van der Waals surface area contributed by atoms with Crippen molar-refractivity contribution in [3.63, 3.8) is 0 Å². The topological polar surface area (TPSA) is 59.0 Å². The SMILES string of the molecule is CN=C(NCc1cccnc1Oc1cccc(F)c1)N(C)CC1CCOC1. The molecule has 0 spiro atoms. The van der Waals surface area contributed by atoms with E-state index in [1.807, 2.05) is 19.2 Å². The van der Waals surface area contributed by atoms with Crippen LogP contribution >= 0.6 is 0 Å². The first kappa shape index (κ1) is 19.1. The fourth-order valence-corrected chi connectivity index (χ4v) is 3.05. The van der Waals surface area contributed by atoms with Crippen molar-refractivity contribution in [1.29, 1.82) is 0 Å². The maximum atomic E-state index is 13.4.